The average Bonchev–Trinajstić information content (AvgIpc) is 2.69. The van der Waals surface area contributed by atoms with Gasteiger partial charge >= 0.3 is 6.18 Å². The minimum atomic E-state index is -4.61. The molecule has 5 nitrogen and oxygen atoms in total. The van der Waals surface area contributed by atoms with Gasteiger partial charge in [-0.05, 0) is 49.7 Å². The summed E-state index contributed by atoms with van der Waals surface area (Å²) >= 11 is 3.33. The van der Waals surface area contributed by atoms with Gasteiger partial charge in [0.25, 0.3) is 0 Å². The van der Waals surface area contributed by atoms with Gasteiger partial charge in [0.1, 0.15) is 17.1 Å². The minimum absolute atomic E-state index is 0.00764. The van der Waals surface area contributed by atoms with Crippen molar-refractivity contribution in [3.8, 4) is 5.75 Å². The number of halogens is 4. The van der Waals surface area contributed by atoms with E-state index in [0.717, 1.165) is 17.1 Å². The number of anilines is 4. The van der Waals surface area contributed by atoms with Crippen molar-refractivity contribution in [2.24, 2.45) is 0 Å². The summed E-state index contributed by atoms with van der Waals surface area (Å²) in [5, 5.41) is 5.65. The van der Waals surface area contributed by atoms with Gasteiger partial charge in [0.15, 0.2) is 0 Å². The minimum Gasteiger partial charge on any atom is -0.491 e. The van der Waals surface area contributed by atoms with Gasteiger partial charge in [-0.25, -0.2) is 4.98 Å². The monoisotopic (exact) mass is 480 g/mol. The standard InChI is InChI=1S/C21H20BrF3N4O/c1-3-13(2)30-17-6-4-5-16(11-17)27-19-18(21(23,24)25)12-26-20(29-19)28-15-9-7-14(22)8-10-15/h4-13H,3H2,1-2H3,(H2,26,27,28,29). The fourth-order valence-corrected chi connectivity index (χ4v) is 2.77. The van der Waals surface area contributed by atoms with E-state index in [9.17, 15) is 13.2 Å². The van der Waals surface area contributed by atoms with E-state index in [1.807, 2.05) is 13.8 Å². The lowest BCUT2D eigenvalue weighted by Crippen LogP contribution is -2.13. The Morgan fingerprint density at radius 1 is 1.07 bits per heavy atom. The summed E-state index contributed by atoms with van der Waals surface area (Å²) in [7, 11) is 0. The van der Waals surface area contributed by atoms with Crippen molar-refractivity contribution in [3.63, 3.8) is 0 Å². The van der Waals surface area contributed by atoms with Gasteiger partial charge < -0.3 is 15.4 Å². The van der Waals surface area contributed by atoms with E-state index in [2.05, 4.69) is 36.5 Å². The average molecular weight is 481 g/mol. The molecule has 1 unspecified atom stereocenters. The molecule has 0 aliphatic carbocycles. The molecule has 2 N–H and O–H groups in total. The van der Waals surface area contributed by atoms with Crippen LogP contribution in [0.4, 0.5) is 36.3 Å². The van der Waals surface area contributed by atoms with Crippen molar-refractivity contribution in [2.45, 2.75) is 32.5 Å². The molecule has 0 spiro atoms. The number of rotatable bonds is 7. The molecule has 0 saturated carbocycles. The second-order valence-electron chi connectivity index (χ2n) is 6.58. The van der Waals surface area contributed by atoms with Gasteiger partial charge in [0, 0.05) is 28.1 Å². The van der Waals surface area contributed by atoms with Crippen LogP contribution in [0.25, 0.3) is 0 Å². The predicted molar refractivity (Wildman–Crippen MR) is 115 cm³/mol. The van der Waals surface area contributed by atoms with Crippen LogP contribution < -0.4 is 15.4 Å². The topological polar surface area (TPSA) is 59.1 Å². The van der Waals surface area contributed by atoms with Gasteiger partial charge in [-0.15, -0.1) is 0 Å². The fourth-order valence-electron chi connectivity index (χ4n) is 2.51. The van der Waals surface area contributed by atoms with E-state index >= 15 is 0 Å². The van der Waals surface area contributed by atoms with Crippen molar-refractivity contribution in [1.29, 1.82) is 0 Å². The van der Waals surface area contributed by atoms with Crippen molar-refractivity contribution in [1.82, 2.24) is 9.97 Å². The molecule has 0 aliphatic rings. The second-order valence-corrected chi connectivity index (χ2v) is 7.49. The highest BCUT2D eigenvalue weighted by atomic mass is 79.9. The zero-order valence-electron chi connectivity index (χ0n) is 16.3. The molecule has 0 fully saturated rings. The lowest BCUT2D eigenvalue weighted by atomic mass is 10.2. The molecule has 0 saturated heterocycles. The summed E-state index contributed by atoms with van der Waals surface area (Å²) in [6, 6.07) is 13.9. The number of nitrogens with zero attached hydrogens (tertiary/aromatic N) is 2. The molecule has 1 aromatic heterocycles. The smallest absolute Gasteiger partial charge is 0.421 e. The van der Waals surface area contributed by atoms with E-state index in [4.69, 9.17) is 4.74 Å². The number of hydrogen-bond acceptors (Lipinski definition) is 5. The van der Waals surface area contributed by atoms with Crippen LogP contribution in [0.1, 0.15) is 25.8 Å². The van der Waals surface area contributed by atoms with Gasteiger partial charge in [-0.1, -0.05) is 28.9 Å². The molecule has 0 bridgehead atoms. The molecule has 30 heavy (non-hydrogen) atoms. The lowest BCUT2D eigenvalue weighted by molar-refractivity contribution is -0.137. The first-order valence-corrected chi connectivity index (χ1v) is 10.0. The first kappa shape index (κ1) is 21.9. The van der Waals surface area contributed by atoms with Crippen LogP contribution in [-0.2, 0) is 6.18 Å². The van der Waals surface area contributed by atoms with Crippen LogP contribution >= 0.6 is 15.9 Å². The summed E-state index contributed by atoms with van der Waals surface area (Å²) in [5.74, 6) is 0.253. The molecule has 9 heteroatoms. The molecule has 0 amide bonds. The Balaban J connectivity index is 1.89. The van der Waals surface area contributed by atoms with E-state index in [0.29, 0.717) is 17.1 Å². The van der Waals surface area contributed by atoms with Crippen LogP contribution in [-0.4, -0.2) is 16.1 Å². The Morgan fingerprint density at radius 3 is 2.47 bits per heavy atom. The Labute approximate surface area is 180 Å². The van der Waals surface area contributed by atoms with E-state index in [1.165, 1.54) is 0 Å². The van der Waals surface area contributed by atoms with Crippen molar-refractivity contribution < 1.29 is 17.9 Å². The third kappa shape index (κ3) is 5.85. The first-order chi connectivity index (χ1) is 14.2. The molecule has 3 rings (SSSR count). The lowest BCUT2D eigenvalue weighted by Gasteiger charge is -2.16. The predicted octanol–water partition coefficient (Wildman–Crippen LogP) is 6.92. The SMILES string of the molecule is CCC(C)Oc1cccc(Nc2nc(Nc3ccc(Br)cc3)ncc2C(F)(F)F)c1. The fraction of sp³-hybridized carbons (Fsp3) is 0.238. The van der Waals surface area contributed by atoms with Crippen molar-refractivity contribution >= 4 is 39.1 Å². The first-order valence-electron chi connectivity index (χ1n) is 9.25. The molecule has 158 valence electrons. The third-order valence-electron chi connectivity index (χ3n) is 4.20. The molecule has 1 heterocycles. The maximum atomic E-state index is 13.5. The highest BCUT2D eigenvalue weighted by Gasteiger charge is 2.35. The second kappa shape index (κ2) is 9.34. The normalized spacial score (nSPS) is 12.3. The highest BCUT2D eigenvalue weighted by Crippen LogP contribution is 2.35. The van der Waals surface area contributed by atoms with E-state index in [1.54, 1.807) is 48.5 Å². The zero-order chi connectivity index (χ0) is 21.7. The molecule has 1 atom stereocenters. The number of ether oxygens (including phenoxy) is 1. The number of aromatic nitrogens is 2. The number of benzene rings is 2. The van der Waals surface area contributed by atoms with Crippen LogP contribution in [0.3, 0.4) is 0 Å². The van der Waals surface area contributed by atoms with Gasteiger partial charge in [-0.2, -0.15) is 18.2 Å². The van der Waals surface area contributed by atoms with E-state index < -0.39 is 11.7 Å². The summed E-state index contributed by atoms with van der Waals surface area (Å²) in [4.78, 5) is 7.87. The van der Waals surface area contributed by atoms with Crippen molar-refractivity contribution in [2.75, 3.05) is 10.6 Å². The maximum absolute atomic E-state index is 13.5. The Morgan fingerprint density at radius 2 is 1.80 bits per heavy atom. The number of alkyl halides is 3. The summed E-state index contributed by atoms with van der Waals surface area (Å²) < 4.78 is 47.1. The summed E-state index contributed by atoms with van der Waals surface area (Å²) in [5.41, 5.74) is 0.111. The van der Waals surface area contributed by atoms with Gasteiger partial charge in [0.05, 0.1) is 6.10 Å². The molecule has 0 aliphatic heterocycles. The third-order valence-corrected chi connectivity index (χ3v) is 4.73. The van der Waals surface area contributed by atoms with Crippen LogP contribution in [0.5, 0.6) is 5.75 Å². The zero-order valence-corrected chi connectivity index (χ0v) is 17.9. The Bertz CT molecular complexity index is 996. The molecule has 3 aromatic rings. The summed E-state index contributed by atoms with van der Waals surface area (Å²) in [6.45, 7) is 3.91. The Hall–Kier alpha value is -2.81. The van der Waals surface area contributed by atoms with Crippen LogP contribution in [0, 0.1) is 0 Å². The highest BCUT2D eigenvalue weighted by molar-refractivity contribution is 9.10. The molecule has 2 aromatic carbocycles. The van der Waals surface area contributed by atoms with Crippen molar-refractivity contribution in [3.05, 3.63) is 64.8 Å². The Kier molecular flexibility index (Phi) is 6.81. The van der Waals surface area contributed by atoms with Gasteiger partial charge in [0.2, 0.25) is 5.95 Å². The van der Waals surface area contributed by atoms with Gasteiger partial charge in [-0.3, -0.25) is 0 Å². The number of hydrogen-bond donors (Lipinski definition) is 2. The number of nitrogens with one attached hydrogen (secondary N) is 2. The molecule has 0 radical (unpaired) electrons. The van der Waals surface area contributed by atoms with Crippen LogP contribution in [0.15, 0.2) is 59.2 Å². The molecular formula is C21H20BrF3N4O. The largest absolute Gasteiger partial charge is 0.491 e. The summed E-state index contributed by atoms with van der Waals surface area (Å²) in [6.07, 6.45) is -3.04. The molecular weight excluding hydrogens is 461 g/mol. The van der Waals surface area contributed by atoms with E-state index in [-0.39, 0.29) is 17.9 Å². The quantitative estimate of drug-likeness (QED) is 0.384. The maximum Gasteiger partial charge on any atom is 0.421 e. The van der Waals surface area contributed by atoms with Crippen LogP contribution in [0.2, 0.25) is 0 Å².